The summed E-state index contributed by atoms with van der Waals surface area (Å²) in [6.45, 7) is 7.93. The Morgan fingerprint density at radius 2 is 2.03 bits per heavy atom. The number of aromatic nitrogens is 3. The molecule has 1 aliphatic heterocycles. The van der Waals surface area contributed by atoms with Crippen LogP contribution in [0.5, 0.6) is 0 Å². The molecule has 33 heavy (non-hydrogen) atoms. The molecule has 8 heteroatoms. The molecule has 5 rings (SSSR count). The lowest BCUT2D eigenvalue weighted by molar-refractivity contribution is 0.0900. The normalized spacial score (nSPS) is 15.5. The summed E-state index contributed by atoms with van der Waals surface area (Å²) >= 11 is 1.87. The predicted octanol–water partition coefficient (Wildman–Crippen LogP) is 4.66. The second kappa shape index (κ2) is 9.49. The van der Waals surface area contributed by atoms with Gasteiger partial charge in [-0.2, -0.15) is 0 Å². The molecule has 0 unspecified atom stereocenters. The number of thiophene rings is 1. The van der Waals surface area contributed by atoms with E-state index in [-0.39, 0.29) is 11.9 Å². The van der Waals surface area contributed by atoms with Crippen molar-refractivity contribution in [1.29, 1.82) is 0 Å². The molecule has 0 saturated carbocycles. The molecule has 1 atom stereocenters. The Bertz CT molecular complexity index is 1190. The van der Waals surface area contributed by atoms with Crippen molar-refractivity contribution in [2.24, 2.45) is 5.92 Å². The minimum atomic E-state index is -0.219. The third-order valence-electron chi connectivity index (χ3n) is 6.07. The van der Waals surface area contributed by atoms with E-state index in [4.69, 9.17) is 4.42 Å². The zero-order valence-corrected chi connectivity index (χ0v) is 19.8. The Balaban J connectivity index is 1.31. The van der Waals surface area contributed by atoms with Crippen LogP contribution in [0.2, 0.25) is 0 Å². The maximum Gasteiger partial charge on any atom is 0.287 e. The van der Waals surface area contributed by atoms with Gasteiger partial charge in [0.1, 0.15) is 5.82 Å². The largest absolute Gasteiger partial charge is 0.459 e. The molecule has 0 aliphatic carbocycles. The van der Waals surface area contributed by atoms with Crippen molar-refractivity contribution in [3.05, 3.63) is 71.0 Å². The van der Waals surface area contributed by atoms with Crippen molar-refractivity contribution >= 4 is 27.3 Å². The number of rotatable bonds is 7. The van der Waals surface area contributed by atoms with Gasteiger partial charge in [0, 0.05) is 42.2 Å². The predicted molar refractivity (Wildman–Crippen MR) is 129 cm³/mol. The first kappa shape index (κ1) is 21.9. The molecule has 0 saturated heterocycles. The minimum absolute atomic E-state index is 0.210. The van der Waals surface area contributed by atoms with Crippen LogP contribution in [-0.2, 0) is 19.5 Å². The van der Waals surface area contributed by atoms with Gasteiger partial charge in [0.25, 0.3) is 5.91 Å². The van der Waals surface area contributed by atoms with Gasteiger partial charge in [-0.15, -0.1) is 21.5 Å². The summed E-state index contributed by atoms with van der Waals surface area (Å²) in [6, 6.07) is 14.1. The minimum Gasteiger partial charge on any atom is -0.459 e. The van der Waals surface area contributed by atoms with Gasteiger partial charge in [-0.1, -0.05) is 32.0 Å². The quantitative estimate of drug-likeness (QED) is 0.431. The Labute approximate surface area is 197 Å². The molecule has 4 heterocycles. The number of fused-ring (bicyclic) bond motifs is 2. The van der Waals surface area contributed by atoms with Gasteiger partial charge in [0.2, 0.25) is 0 Å². The monoisotopic (exact) mass is 463 g/mol. The smallest absolute Gasteiger partial charge is 0.287 e. The number of furan rings is 1. The molecule has 1 aliphatic rings. The fraction of sp³-hybridized carbons (Fsp3) is 0.400. The van der Waals surface area contributed by atoms with Gasteiger partial charge in [-0.25, -0.2) is 0 Å². The molecule has 1 aromatic carbocycles. The van der Waals surface area contributed by atoms with Crippen molar-refractivity contribution in [3.8, 4) is 0 Å². The van der Waals surface area contributed by atoms with Crippen LogP contribution in [0.15, 0.2) is 53.1 Å². The van der Waals surface area contributed by atoms with E-state index >= 15 is 0 Å². The van der Waals surface area contributed by atoms with Crippen LogP contribution in [-0.4, -0.2) is 38.7 Å². The van der Waals surface area contributed by atoms with Gasteiger partial charge in [0.15, 0.2) is 11.6 Å². The molecule has 172 valence electrons. The van der Waals surface area contributed by atoms with E-state index in [1.807, 2.05) is 11.3 Å². The van der Waals surface area contributed by atoms with Gasteiger partial charge in [0.05, 0.1) is 12.3 Å². The Morgan fingerprint density at radius 1 is 1.15 bits per heavy atom. The average Bonchev–Trinajstić information content (AvgIpc) is 3.52. The highest BCUT2D eigenvalue weighted by Gasteiger charge is 2.27. The average molecular weight is 464 g/mol. The number of nitrogens with one attached hydrogen (secondary N) is 1. The Hall–Kier alpha value is -2.97. The molecular weight excluding hydrogens is 434 g/mol. The van der Waals surface area contributed by atoms with Crippen molar-refractivity contribution in [3.63, 3.8) is 0 Å². The highest BCUT2D eigenvalue weighted by Crippen LogP contribution is 2.27. The summed E-state index contributed by atoms with van der Waals surface area (Å²) in [7, 11) is 0. The van der Waals surface area contributed by atoms with E-state index in [1.165, 1.54) is 21.2 Å². The molecule has 1 N–H and O–H groups in total. The molecular formula is C25H29N5O2S. The molecule has 0 radical (unpaired) electrons. The lowest BCUT2D eigenvalue weighted by atomic mass is 10.0. The second-order valence-electron chi connectivity index (χ2n) is 9.04. The lowest BCUT2D eigenvalue weighted by Gasteiger charge is -2.21. The SMILES string of the molecule is CC(C)C[C@H](NC(=O)c1ccco1)c1nnc2n1CCN(Cc1cc3ccccc3s1)CC2. The van der Waals surface area contributed by atoms with E-state index in [0.717, 1.165) is 50.7 Å². The van der Waals surface area contributed by atoms with E-state index < -0.39 is 0 Å². The Kier molecular flexibility index (Phi) is 6.28. The van der Waals surface area contributed by atoms with Crippen LogP contribution in [0.25, 0.3) is 10.1 Å². The van der Waals surface area contributed by atoms with Crippen LogP contribution in [0.1, 0.15) is 53.4 Å². The topological polar surface area (TPSA) is 76.2 Å². The molecule has 4 aromatic rings. The second-order valence-corrected chi connectivity index (χ2v) is 10.2. The van der Waals surface area contributed by atoms with E-state index in [1.54, 1.807) is 12.1 Å². The molecule has 0 spiro atoms. The van der Waals surface area contributed by atoms with Crippen LogP contribution < -0.4 is 5.32 Å². The maximum absolute atomic E-state index is 12.7. The summed E-state index contributed by atoms with van der Waals surface area (Å²) in [4.78, 5) is 16.6. The fourth-order valence-corrected chi connectivity index (χ4v) is 5.58. The number of nitrogens with zero attached hydrogens (tertiary/aromatic N) is 4. The van der Waals surface area contributed by atoms with E-state index in [2.05, 4.69) is 69.2 Å². The van der Waals surface area contributed by atoms with Crippen molar-refractivity contribution in [1.82, 2.24) is 25.0 Å². The number of carbonyl (C=O) groups excluding carboxylic acids is 1. The number of hydrogen-bond donors (Lipinski definition) is 1. The van der Waals surface area contributed by atoms with Crippen molar-refractivity contribution < 1.29 is 9.21 Å². The van der Waals surface area contributed by atoms with Crippen LogP contribution in [0.4, 0.5) is 0 Å². The highest BCUT2D eigenvalue weighted by molar-refractivity contribution is 7.19. The molecule has 0 fully saturated rings. The van der Waals surface area contributed by atoms with Crippen molar-refractivity contribution in [2.45, 2.75) is 45.8 Å². The zero-order chi connectivity index (χ0) is 22.8. The first-order valence-electron chi connectivity index (χ1n) is 11.5. The molecule has 3 aromatic heterocycles. The van der Waals surface area contributed by atoms with Gasteiger partial charge < -0.3 is 14.3 Å². The van der Waals surface area contributed by atoms with Crippen LogP contribution >= 0.6 is 11.3 Å². The van der Waals surface area contributed by atoms with Crippen LogP contribution in [0, 0.1) is 5.92 Å². The molecule has 0 bridgehead atoms. The summed E-state index contributed by atoms with van der Waals surface area (Å²) in [5.74, 6) is 2.32. The van der Waals surface area contributed by atoms with Gasteiger partial charge in [-0.3, -0.25) is 9.69 Å². The highest BCUT2D eigenvalue weighted by atomic mass is 32.1. The summed E-state index contributed by atoms with van der Waals surface area (Å²) < 4.78 is 8.83. The Morgan fingerprint density at radius 3 is 2.82 bits per heavy atom. The maximum atomic E-state index is 12.7. The number of amides is 1. The number of hydrogen-bond acceptors (Lipinski definition) is 6. The molecule has 7 nitrogen and oxygen atoms in total. The summed E-state index contributed by atoms with van der Waals surface area (Å²) in [5, 5.41) is 13.5. The number of benzene rings is 1. The van der Waals surface area contributed by atoms with Gasteiger partial charge >= 0.3 is 0 Å². The zero-order valence-electron chi connectivity index (χ0n) is 19.0. The molecule has 1 amide bonds. The summed E-state index contributed by atoms with van der Waals surface area (Å²) in [5.41, 5.74) is 0. The standard InChI is InChI=1S/C25H29N5O2S/c1-17(2)14-20(26-25(31)21-7-5-13-32-21)24-28-27-23-9-10-29(11-12-30(23)24)16-19-15-18-6-3-4-8-22(18)33-19/h3-8,13,15,17,20H,9-12,14,16H2,1-2H3,(H,26,31)/t20-/m0/s1. The van der Waals surface area contributed by atoms with E-state index in [0.29, 0.717) is 11.7 Å². The first-order chi connectivity index (χ1) is 16.1. The van der Waals surface area contributed by atoms with Crippen LogP contribution in [0.3, 0.4) is 0 Å². The van der Waals surface area contributed by atoms with Gasteiger partial charge in [-0.05, 0) is 42.0 Å². The fourth-order valence-electron chi connectivity index (χ4n) is 4.48. The summed E-state index contributed by atoms with van der Waals surface area (Å²) in [6.07, 6.45) is 3.15. The van der Waals surface area contributed by atoms with E-state index in [9.17, 15) is 4.79 Å². The third kappa shape index (κ3) is 4.86. The third-order valence-corrected chi connectivity index (χ3v) is 7.17. The lowest BCUT2D eigenvalue weighted by Crippen LogP contribution is -2.32. The number of carbonyl (C=O) groups is 1. The first-order valence-corrected chi connectivity index (χ1v) is 12.3. The van der Waals surface area contributed by atoms with Crippen molar-refractivity contribution in [2.75, 3.05) is 13.1 Å².